The summed E-state index contributed by atoms with van der Waals surface area (Å²) < 4.78 is 0. The smallest absolute Gasteiger partial charge is 0.232 e. The summed E-state index contributed by atoms with van der Waals surface area (Å²) in [4.78, 5) is 10.4. The molecule has 0 fully saturated rings. The highest BCUT2D eigenvalue weighted by atomic mass is 16.1. The lowest BCUT2D eigenvalue weighted by Crippen LogP contribution is -2.31. The highest BCUT2D eigenvalue weighted by Crippen LogP contribution is 1.86. The molecule has 0 aliphatic carbocycles. The van der Waals surface area contributed by atoms with Crippen LogP contribution in [0.3, 0.4) is 0 Å². The number of carbonyl (C=O) groups excluding carboxylic acids is 1. The van der Waals surface area contributed by atoms with Crippen LogP contribution in [0.15, 0.2) is 0 Å². The zero-order valence-electron chi connectivity index (χ0n) is 6.05. The fourth-order valence-corrected chi connectivity index (χ4v) is 0.528. The largest absolute Gasteiger partial charge is 0.370 e. The lowest BCUT2D eigenvalue weighted by molar-refractivity contribution is -0.114. The first-order chi connectivity index (χ1) is 5.16. The molecule has 0 aromatic heterocycles. The molecule has 4 N–H and O–H groups in total. The van der Waals surface area contributed by atoms with E-state index in [0.29, 0.717) is 13.0 Å². The summed E-state index contributed by atoms with van der Waals surface area (Å²) in [5, 5.41) is 17.3. The monoisotopic (exact) mass is 154 g/mol. The molecule has 0 saturated carbocycles. The topological polar surface area (TPSA) is 103 Å². The average Bonchev–Trinajstić information content (AvgIpc) is 1.97. The molecule has 0 aromatic rings. The van der Waals surface area contributed by atoms with E-state index in [0.717, 1.165) is 0 Å². The van der Waals surface area contributed by atoms with Crippen molar-refractivity contribution in [2.75, 3.05) is 6.54 Å². The second-order valence-electron chi connectivity index (χ2n) is 1.98. The Balaban J connectivity index is 3.23. The van der Waals surface area contributed by atoms with Crippen molar-refractivity contribution in [2.45, 2.75) is 12.8 Å². The number of nitrogens with two attached hydrogens (primary N) is 1. The highest BCUT2D eigenvalue weighted by molar-refractivity contribution is 5.93. The molecule has 0 aliphatic heterocycles. The lowest BCUT2D eigenvalue weighted by Gasteiger charge is -1.99. The number of nitrogens with zero attached hydrogens (tertiary/aromatic N) is 1. The van der Waals surface area contributed by atoms with E-state index >= 15 is 0 Å². The summed E-state index contributed by atoms with van der Waals surface area (Å²) >= 11 is 0. The van der Waals surface area contributed by atoms with Crippen molar-refractivity contribution in [3.8, 4) is 6.07 Å². The van der Waals surface area contributed by atoms with E-state index in [9.17, 15) is 4.79 Å². The molecule has 11 heavy (non-hydrogen) atoms. The van der Waals surface area contributed by atoms with Gasteiger partial charge in [0.05, 0.1) is 0 Å². The SMILES string of the molecule is N#CC(=O)CCCNC(=N)N. The maximum Gasteiger partial charge on any atom is 0.232 e. The van der Waals surface area contributed by atoms with E-state index in [2.05, 4.69) is 5.32 Å². The quantitative estimate of drug-likeness (QED) is 0.216. The van der Waals surface area contributed by atoms with Gasteiger partial charge in [-0.25, -0.2) is 0 Å². The fraction of sp³-hybridized carbons (Fsp3) is 0.500. The second kappa shape index (κ2) is 5.23. The first kappa shape index (κ1) is 9.43. The van der Waals surface area contributed by atoms with Gasteiger partial charge < -0.3 is 11.1 Å². The molecule has 0 atom stereocenters. The molecule has 0 rings (SSSR count). The Hall–Kier alpha value is -1.57. The third-order valence-electron chi connectivity index (χ3n) is 1.02. The Labute approximate surface area is 64.7 Å². The molecule has 0 radical (unpaired) electrons. The van der Waals surface area contributed by atoms with Gasteiger partial charge in [-0.2, -0.15) is 5.26 Å². The Morgan fingerprint density at radius 3 is 2.82 bits per heavy atom. The van der Waals surface area contributed by atoms with Crippen LogP contribution in [0.5, 0.6) is 0 Å². The normalized spacial score (nSPS) is 8.27. The zero-order valence-corrected chi connectivity index (χ0v) is 6.05. The number of hydrogen-bond donors (Lipinski definition) is 3. The van der Waals surface area contributed by atoms with E-state index in [1.807, 2.05) is 0 Å². The molecule has 0 aliphatic rings. The summed E-state index contributed by atoms with van der Waals surface area (Å²) in [7, 11) is 0. The van der Waals surface area contributed by atoms with Crippen molar-refractivity contribution >= 4 is 11.7 Å². The van der Waals surface area contributed by atoms with Gasteiger partial charge in [0.1, 0.15) is 6.07 Å². The van der Waals surface area contributed by atoms with Gasteiger partial charge in [0.25, 0.3) is 0 Å². The Morgan fingerprint density at radius 1 is 1.73 bits per heavy atom. The third kappa shape index (κ3) is 6.31. The highest BCUT2D eigenvalue weighted by Gasteiger charge is 1.97. The first-order valence-corrected chi connectivity index (χ1v) is 3.17. The number of rotatable bonds is 4. The van der Waals surface area contributed by atoms with Crippen molar-refractivity contribution in [3.63, 3.8) is 0 Å². The van der Waals surface area contributed by atoms with Crippen LogP contribution in [-0.4, -0.2) is 18.3 Å². The van der Waals surface area contributed by atoms with Crippen LogP contribution in [0.25, 0.3) is 0 Å². The molecule has 0 unspecified atom stereocenters. The zero-order chi connectivity index (χ0) is 8.69. The minimum Gasteiger partial charge on any atom is -0.370 e. The molecule has 0 spiro atoms. The fourth-order valence-electron chi connectivity index (χ4n) is 0.528. The Morgan fingerprint density at radius 2 is 2.36 bits per heavy atom. The number of nitrogens with one attached hydrogen (secondary N) is 2. The molecule has 0 bridgehead atoms. The standard InChI is InChI=1S/C6H10N4O/c7-4-5(11)2-1-3-10-6(8)9/h1-3H2,(H4,8,9,10). The number of ketones is 1. The van der Waals surface area contributed by atoms with E-state index in [-0.39, 0.29) is 12.4 Å². The summed E-state index contributed by atoms with van der Waals surface area (Å²) in [6, 6.07) is 1.50. The average molecular weight is 154 g/mol. The van der Waals surface area contributed by atoms with Crippen molar-refractivity contribution in [2.24, 2.45) is 5.73 Å². The van der Waals surface area contributed by atoms with Gasteiger partial charge >= 0.3 is 0 Å². The molecule has 0 heterocycles. The number of guanidine groups is 1. The predicted molar refractivity (Wildman–Crippen MR) is 39.8 cm³/mol. The first-order valence-electron chi connectivity index (χ1n) is 3.17. The van der Waals surface area contributed by atoms with Crippen LogP contribution in [0.4, 0.5) is 0 Å². The molecule has 0 amide bonds. The molecular formula is C6H10N4O. The molecule has 60 valence electrons. The van der Waals surface area contributed by atoms with Gasteiger partial charge in [-0.15, -0.1) is 0 Å². The predicted octanol–water partition coefficient (Wildman–Crippen LogP) is -0.658. The van der Waals surface area contributed by atoms with Crippen LogP contribution in [0, 0.1) is 16.7 Å². The summed E-state index contributed by atoms with van der Waals surface area (Å²) in [5.74, 6) is -0.551. The van der Waals surface area contributed by atoms with Crippen molar-refractivity contribution in [1.82, 2.24) is 5.32 Å². The third-order valence-corrected chi connectivity index (χ3v) is 1.02. The van der Waals surface area contributed by atoms with Gasteiger partial charge in [0, 0.05) is 13.0 Å². The van der Waals surface area contributed by atoms with E-state index in [1.54, 1.807) is 0 Å². The summed E-state index contributed by atoms with van der Waals surface area (Å²) in [5.41, 5.74) is 4.96. The van der Waals surface area contributed by atoms with Crippen LogP contribution in [-0.2, 0) is 4.79 Å². The van der Waals surface area contributed by atoms with E-state index < -0.39 is 5.78 Å². The van der Waals surface area contributed by atoms with E-state index in [4.69, 9.17) is 16.4 Å². The number of Topliss-reactive ketones (excluding diaryl/α,β-unsaturated/α-hetero) is 1. The molecule has 5 nitrogen and oxygen atoms in total. The Kier molecular flexibility index (Phi) is 4.49. The van der Waals surface area contributed by atoms with Crippen molar-refractivity contribution in [1.29, 1.82) is 10.7 Å². The lowest BCUT2D eigenvalue weighted by atomic mass is 10.2. The van der Waals surface area contributed by atoms with E-state index in [1.165, 1.54) is 6.07 Å². The summed E-state index contributed by atoms with van der Waals surface area (Å²) in [6.07, 6.45) is 0.753. The number of hydrogen-bond acceptors (Lipinski definition) is 3. The van der Waals surface area contributed by atoms with Crippen LogP contribution >= 0.6 is 0 Å². The second-order valence-corrected chi connectivity index (χ2v) is 1.98. The van der Waals surface area contributed by atoms with Gasteiger partial charge in [-0.1, -0.05) is 0 Å². The molecule has 5 heteroatoms. The van der Waals surface area contributed by atoms with Gasteiger partial charge in [0.2, 0.25) is 5.78 Å². The minimum absolute atomic E-state index is 0.116. The molecule has 0 saturated heterocycles. The van der Waals surface area contributed by atoms with Gasteiger partial charge in [-0.05, 0) is 6.42 Å². The number of carbonyl (C=O) groups is 1. The maximum atomic E-state index is 10.4. The maximum absolute atomic E-state index is 10.4. The minimum atomic E-state index is -0.435. The Bertz CT molecular complexity index is 193. The van der Waals surface area contributed by atoms with Gasteiger partial charge in [0.15, 0.2) is 5.96 Å². The van der Waals surface area contributed by atoms with Crippen LogP contribution in [0.1, 0.15) is 12.8 Å². The molecular weight excluding hydrogens is 144 g/mol. The molecule has 0 aromatic carbocycles. The van der Waals surface area contributed by atoms with Crippen LogP contribution in [0.2, 0.25) is 0 Å². The van der Waals surface area contributed by atoms with Crippen molar-refractivity contribution in [3.05, 3.63) is 0 Å². The van der Waals surface area contributed by atoms with Crippen molar-refractivity contribution < 1.29 is 4.79 Å². The number of nitriles is 1. The van der Waals surface area contributed by atoms with Gasteiger partial charge in [-0.3, -0.25) is 10.2 Å². The summed E-state index contributed by atoms with van der Waals surface area (Å²) in [6.45, 7) is 0.461. The van der Waals surface area contributed by atoms with Crippen LogP contribution < -0.4 is 11.1 Å².